The summed E-state index contributed by atoms with van der Waals surface area (Å²) in [6, 6.07) is 4.87. The molecule has 3 rings (SSSR count). The van der Waals surface area contributed by atoms with Crippen LogP contribution >= 0.6 is 22.6 Å². The molecule has 92 valence electrons. The molecule has 6 heteroatoms. The van der Waals surface area contributed by atoms with Crippen LogP contribution in [0.25, 0.3) is 11.4 Å². The maximum absolute atomic E-state index is 10.9. The van der Waals surface area contributed by atoms with Crippen molar-refractivity contribution in [1.29, 1.82) is 0 Å². The minimum Gasteiger partial charge on any atom is -0.491 e. The molecule has 5 nitrogen and oxygen atoms in total. The molecule has 2 heterocycles. The number of fused-ring (bicyclic) bond motifs is 3. The summed E-state index contributed by atoms with van der Waals surface area (Å²) >= 11 is 2.16. The molecule has 0 atom stereocenters. The molecule has 1 N–H and O–H groups in total. The smallest absolute Gasteiger partial charge is 0.335 e. The average molecular weight is 356 g/mol. The standard InChI is InChI=1S/C12H9IN2O3/c13-10-6-15-3-4-18-9-5-7(12(16)17)1-2-8(9)11(15)14-10/h1-2,5-6H,3-4H2,(H,16,17). The molecular formula is C12H9IN2O3. The van der Waals surface area contributed by atoms with Crippen molar-refractivity contribution in [2.45, 2.75) is 6.54 Å². The van der Waals surface area contributed by atoms with Gasteiger partial charge >= 0.3 is 5.97 Å². The molecule has 0 saturated heterocycles. The molecule has 0 radical (unpaired) electrons. The molecule has 1 aliphatic heterocycles. The van der Waals surface area contributed by atoms with E-state index in [0.717, 1.165) is 15.1 Å². The van der Waals surface area contributed by atoms with Crippen LogP contribution in [-0.2, 0) is 6.54 Å². The number of carboxylic acids is 1. The van der Waals surface area contributed by atoms with E-state index < -0.39 is 5.97 Å². The number of benzene rings is 1. The second-order valence-electron chi connectivity index (χ2n) is 3.95. The minimum atomic E-state index is -0.955. The highest BCUT2D eigenvalue weighted by molar-refractivity contribution is 14.1. The number of aromatic nitrogens is 2. The molecule has 0 aliphatic carbocycles. The third kappa shape index (κ3) is 1.86. The van der Waals surface area contributed by atoms with E-state index in [1.165, 1.54) is 0 Å². The largest absolute Gasteiger partial charge is 0.491 e. The number of ether oxygens (including phenoxy) is 1. The molecule has 0 amide bonds. The van der Waals surface area contributed by atoms with Crippen LogP contribution in [0, 0.1) is 3.70 Å². The summed E-state index contributed by atoms with van der Waals surface area (Å²) in [5.41, 5.74) is 1.06. The molecule has 18 heavy (non-hydrogen) atoms. The van der Waals surface area contributed by atoms with Crippen LogP contribution in [0.1, 0.15) is 10.4 Å². The van der Waals surface area contributed by atoms with Crippen molar-refractivity contribution in [3.63, 3.8) is 0 Å². The van der Waals surface area contributed by atoms with Crippen LogP contribution in [0.3, 0.4) is 0 Å². The van der Waals surface area contributed by atoms with Gasteiger partial charge in [-0.2, -0.15) is 0 Å². The number of rotatable bonds is 1. The lowest BCUT2D eigenvalue weighted by Crippen LogP contribution is -2.04. The Balaban J connectivity index is 2.18. The number of imidazole rings is 1. The highest BCUT2D eigenvalue weighted by atomic mass is 127. The van der Waals surface area contributed by atoms with Crippen molar-refractivity contribution in [2.24, 2.45) is 0 Å². The lowest BCUT2D eigenvalue weighted by Gasteiger charge is -2.06. The number of nitrogens with zero attached hydrogens (tertiary/aromatic N) is 2. The van der Waals surface area contributed by atoms with E-state index in [0.29, 0.717) is 18.9 Å². The predicted molar refractivity (Wildman–Crippen MR) is 72.8 cm³/mol. The fourth-order valence-corrected chi connectivity index (χ4v) is 2.55. The predicted octanol–water partition coefficient (Wildman–Crippen LogP) is 2.25. The normalized spacial score (nSPS) is 13.2. The van der Waals surface area contributed by atoms with E-state index in [-0.39, 0.29) is 5.56 Å². The zero-order valence-electron chi connectivity index (χ0n) is 9.26. The van der Waals surface area contributed by atoms with Gasteiger partial charge in [-0.05, 0) is 40.8 Å². The van der Waals surface area contributed by atoms with E-state index in [1.54, 1.807) is 18.2 Å². The first kappa shape index (κ1) is 11.5. The Kier molecular flexibility index (Phi) is 2.73. The first-order chi connectivity index (χ1) is 8.65. The Morgan fingerprint density at radius 3 is 3.11 bits per heavy atom. The van der Waals surface area contributed by atoms with Crippen LogP contribution in [-0.4, -0.2) is 27.2 Å². The molecule has 1 aromatic carbocycles. The number of halogens is 1. The van der Waals surface area contributed by atoms with Gasteiger partial charge < -0.3 is 14.4 Å². The van der Waals surface area contributed by atoms with Gasteiger partial charge in [-0.25, -0.2) is 9.78 Å². The van der Waals surface area contributed by atoms with Gasteiger partial charge in [-0.15, -0.1) is 0 Å². The number of carbonyl (C=O) groups is 1. The fourth-order valence-electron chi connectivity index (χ4n) is 1.98. The number of hydrogen-bond acceptors (Lipinski definition) is 3. The van der Waals surface area contributed by atoms with Gasteiger partial charge in [0.1, 0.15) is 21.9 Å². The van der Waals surface area contributed by atoms with E-state index in [4.69, 9.17) is 9.84 Å². The average Bonchev–Trinajstić information content (AvgIpc) is 2.62. The zero-order chi connectivity index (χ0) is 12.7. The van der Waals surface area contributed by atoms with Crippen LogP contribution in [0.5, 0.6) is 5.75 Å². The summed E-state index contributed by atoms with van der Waals surface area (Å²) in [6.45, 7) is 1.22. The molecule has 0 saturated carbocycles. The van der Waals surface area contributed by atoms with Gasteiger partial charge in [0, 0.05) is 6.20 Å². The molecule has 0 spiro atoms. The van der Waals surface area contributed by atoms with Crippen molar-refractivity contribution in [3.8, 4) is 17.1 Å². The summed E-state index contributed by atoms with van der Waals surface area (Å²) in [5.74, 6) is 0.447. The summed E-state index contributed by atoms with van der Waals surface area (Å²) in [7, 11) is 0. The molecule has 2 aromatic rings. The van der Waals surface area contributed by atoms with Crippen molar-refractivity contribution >= 4 is 28.6 Å². The molecule has 0 unspecified atom stereocenters. The first-order valence-corrected chi connectivity index (χ1v) is 6.46. The highest BCUT2D eigenvalue weighted by Gasteiger charge is 2.19. The van der Waals surface area contributed by atoms with Crippen molar-refractivity contribution in [1.82, 2.24) is 9.55 Å². The maximum atomic E-state index is 10.9. The van der Waals surface area contributed by atoms with Gasteiger partial charge in [0.25, 0.3) is 0 Å². The second kappa shape index (κ2) is 4.27. The minimum absolute atomic E-state index is 0.225. The highest BCUT2D eigenvalue weighted by Crippen LogP contribution is 2.32. The van der Waals surface area contributed by atoms with Crippen molar-refractivity contribution in [2.75, 3.05) is 6.61 Å². The summed E-state index contributed by atoms with van der Waals surface area (Å²) in [6.07, 6.45) is 1.96. The summed E-state index contributed by atoms with van der Waals surface area (Å²) < 4.78 is 8.53. The number of aromatic carboxylic acids is 1. The topological polar surface area (TPSA) is 64.3 Å². The Labute approximate surface area is 117 Å². The van der Waals surface area contributed by atoms with Crippen LogP contribution in [0.15, 0.2) is 24.4 Å². The van der Waals surface area contributed by atoms with Gasteiger partial charge in [0.05, 0.1) is 17.7 Å². The van der Waals surface area contributed by atoms with E-state index in [1.807, 2.05) is 10.8 Å². The zero-order valence-corrected chi connectivity index (χ0v) is 11.4. The SMILES string of the molecule is O=C(O)c1ccc2c(c1)OCCn1cc(I)nc1-2. The van der Waals surface area contributed by atoms with Gasteiger partial charge in [0.2, 0.25) is 0 Å². The van der Waals surface area contributed by atoms with E-state index >= 15 is 0 Å². The van der Waals surface area contributed by atoms with Crippen molar-refractivity contribution in [3.05, 3.63) is 33.7 Å². The monoisotopic (exact) mass is 356 g/mol. The molecule has 0 fully saturated rings. The Morgan fingerprint density at radius 2 is 2.33 bits per heavy atom. The van der Waals surface area contributed by atoms with Crippen LogP contribution in [0.4, 0.5) is 0 Å². The quantitative estimate of drug-likeness (QED) is 0.797. The molecule has 1 aliphatic rings. The van der Waals surface area contributed by atoms with Gasteiger partial charge in [0.15, 0.2) is 0 Å². The Hall–Kier alpha value is -1.57. The second-order valence-corrected chi connectivity index (χ2v) is 5.05. The lowest BCUT2D eigenvalue weighted by atomic mass is 10.1. The molecule has 0 bridgehead atoms. The number of hydrogen-bond donors (Lipinski definition) is 1. The number of carboxylic acid groups (broad SMARTS) is 1. The Morgan fingerprint density at radius 1 is 1.50 bits per heavy atom. The molecule has 1 aromatic heterocycles. The van der Waals surface area contributed by atoms with E-state index in [9.17, 15) is 4.79 Å². The lowest BCUT2D eigenvalue weighted by molar-refractivity contribution is 0.0696. The van der Waals surface area contributed by atoms with E-state index in [2.05, 4.69) is 27.6 Å². The third-order valence-corrected chi connectivity index (χ3v) is 3.33. The first-order valence-electron chi connectivity index (χ1n) is 5.38. The fraction of sp³-hybridized carbons (Fsp3) is 0.167. The third-order valence-electron chi connectivity index (χ3n) is 2.81. The maximum Gasteiger partial charge on any atom is 0.335 e. The summed E-state index contributed by atoms with van der Waals surface area (Å²) in [5, 5.41) is 8.98. The van der Waals surface area contributed by atoms with Crippen LogP contribution < -0.4 is 4.74 Å². The Bertz CT molecular complexity index is 636. The molecular weight excluding hydrogens is 347 g/mol. The summed E-state index contributed by atoms with van der Waals surface area (Å²) in [4.78, 5) is 15.4. The van der Waals surface area contributed by atoms with Crippen molar-refractivity contribution < 1.29 is 14.6 Å². The van der Waals surface area contributed by atoms with Crippen LogP contribution in [0.2, 0.25) is 0 Å². The van der Waals surface area contributed by atoms with Gasteiger partial charge in [-0.3, -0.25) is 0 Å². The van der Waals surface area contributed by atoms with Gasteiger partial charge in [-0.1, -0.05) is 0 Å².